The Labute approximate surface area is 460 Å². The van der Waals surface area contributed by atoms with Crippen LogP contribution in [0.15, 0.2) is 12.2 Å². The molecule has 0 aromatic heterocycles. The number of hydrogen-bond donors (Lipinski definition) is 0. The highest BCUT2D eigenvalue weighted by Crippen LogP contribution is 2.38. The Morgan fingerprint density at radius 1 is 0.405 bits per heavy atom. The lowest BCUT2D eigenvalue weighted by Gasteiger charge is -2.28. The zero-order chi connectivity index (χ0) is 54.2. The third-order valence-electron chi connectivity index (χ3n) is 14.8. The van der Waals surface area contributed by atoms with Crippen LogP contribution in [0.3, 0.4) is 0 Å². The summed E-state index contributed by atoms with van der Waals surface area (Å²) in [5, 5.41) is 0. The minimum absolute atomic E-state index is 0.0280. The molecule has 0 rings (SSSR count). The van der Waals surface area contributed by atoms with Gasteiger partial charge in [0.25, 0.3) is 7.82 Å². The maximum Gasteiger partial charge on any atom is 0.306 e. The standard InChI is InChI=1S/C64H126NO8P/c1-6-8-10-12-14-16-18-20-22-24-25-26-27-28-29-30-31-32-33-34-35-36-37-38-39-41-42-44-46-48-50-52-54-56-63(66)70-60-62(61-72-74(68,69)71-59-58-65(3,4)5)73-64(67)57-55-53-51-49-47-45-43-40-23-21-19-17-15-13-11-9-7-2/h21,23,62H,6-20,22,24-61H2,1-5H3/b23-21-. The number of phosphoric acid groups is 1. The van der Waals surface area contributed by atoms with Gasteiger partial charge in [0.15, 0.2) is 6.10 Å². The summed E-state index contributed by atoms with van der Waals surface area (Å²) in [4.78, 5) is 37.9. The summed E-state index contributed by atoms with van der Waals surface area (Å²) in [5.41, 5.74) is 0. The summed E-state index contributed by atoms with van der Waals surface area (Å²) in [5.74, 6) is -0.819. The number of unbranched alkanes of at least 4 members (excludes halogenated alkanes) is 45. The molecule has 0 aliphatic heterocycles. The van der Waals surface area contributed by atoms with Crippen molar-refractivity contribution in [1.29, 1.82) is 0 Å². The van der Waals surface area contributed by atoms with Crippen molar-refractivity contribution in [3.05, 3.63) is 12.2 Å². The monoisotopic (exact) mass is 1070 g/mol. The van der Waals surface area contributed by atoms with Crippen molar-refractivity contribution in [2.75, 3.05) is 47.5 Å². The van der Waals surface area contributed by atoms with Crippen LogP contribution in [-0.4, -0.2) is 70.0 Å². The largest absolute Gasteiger partial charge is 0.756 e. The number of phosphoric ester groups is 1. The molecule has 0 aliphatic rings. The molecule has 0 aromatic carbocycles. The molecule has 440 valence electrons. The Bertz CT molecular complexity index is 1260. The van der Waals surface area contributed by atoms with E-state index in [0.717, 1.165) is 44.9 Å². The van der Waals surface area contributed by atoms with Crippen molar-refractivity contribution < 1.29 is 42.1 Å². The number of ether oxygens (including phenoxy) is 2. The van der Waals surface area contributed by atoms with E-state index in [-0.39, 0.29) is 32.0 Å². The first-order valence-corrected chi connectivity index (χ1v) is 33.9. The number of likely N-dealkylation sites (N-methyl/N-ethyl adjacent to an activating group) is 1. The Morgan fingerprint density at radius 3 is 1.00 bits per heavy atom. The van der Waals surface area contributed by atoms with E-state index >= 15 is 0 Å². The average Bonchev–Trinajstić information content (AvgIpc) is 3.36. The molecule has 0 heterocycles. The molecular formula is C64H126NO8P. The predicted octanol–water partition coefficient (Wildman–Crippen LogP) is 19.8. The van der Waals surface area contributed by atoms with Gasteiger partial charge in [-0.1, -0.05) is 296 Å². The van der Waals surface area contributed by atoms with E-state index in [9.17, 15) is 19.0 Å². The minimum Gasteiger partial charge on any atom is -0.756 e. The van der Waals surface area contributed by atoms with Crippen molar-refractivity contribution in [3.63, 3.8) is 0 Å². The SMILES string of the molecule is CCCCCCCC/C=C\CCCCCCCCCC(=O)OC(COC(=O)CCCCCCCCCCCCCCCCCCCCCCCCCCCCCCCCCCC)COP(=O)([O-])OCC[N+](C)(C)C. The maximum atomic E-state index is 12.8. The minimum atomic E-state index is -4.63. The lowest BCUT2D eigenvalue weighted by atomic mass is 10.0. The first-order chi connectivity index (χ1) is 36.0. The third kappa shape index (κ3) is 60.0. The van der Waals surface area contributed by atoms with Crippen LogP contribution in [0.25, 0.3) is 0 Å². The molecule has 0 aliphatic carbocycles. The van der Waals surface area contributed by atoms with Crippen LogP contribution >= 0.6 is 7.82 Å². The van der Waals surface area contributed by atoms with Crippen LogP contribution in [0.1, 0.15) is 335 Å². The van der Waals surface area contributed by atoms with E-state index in [4.69, 9.17) is 18.5 Å². The van der Waals surface area contributed by atoms with Crippen LogP contribution < -0.4 is 4.89 Å². The van der Waals surface area contributed by atoms with Gasteiger partial charge in [0.2, 0.25) is 0 Å². The average molecular weight is 1070 g/mol. The highest BCUT2D eigenvalue weighted by molar-refractivity contribution is 7.45. The number of quaternary nitrogens is 1. The van der Waals surface area contributed by atoms with Gasteiger partial charge >= 0.3 is 11.9 Å². The Morgan fingerprint density at radius 2 is 0.689 bits per heavy atom. The second-order valence-corrected chi connectivity index (χ2v) is 24.9. The van der Waals surface area contributed by atoms with Crippen molar-refractivity contribution in [3.8, 4) is 0 Å². The van der Waals surface area contributed by atoms with E-state index in [0.29, 0.717) is 17.4 Å². The zero-order valence-corrected chi connectivity index (χ0v) is 51.0. The molecule has 10 heteroatoms. The number of allylic oxidation sites excluding steroid dienone is 2. The molecule has 0 spiro atoms. The second-order valence-electron chi connectivity index (χ2n) is 23.5. The highest BCUT2D eigenvalue weighted by Gasteiger charge is 2.22. The van der Waals surface area contributed by atoms with E-state index in [1.54, 1.807) is 0 Å². The number of nitrogens with zero attached hydrogens (tertiary/aromatic N) is 1. The first-order valence-electron chi connectivity index (χ1n) is 32.4. The molecule has 0 saturated heterocycles. The van der Waals surface area contributed by atoms with Gasteiger partial charge in [-0.25, -0.2) is 0 Å². The van der Waals surface area contributed by atoms with Crippen LogP contribution in [0.5, 0.6) is 0 Å². The number of carbonyl (C=O) groups excluding carboxylic acids is 2. The summed E-state index contributed by atoms with van der Waals surface area (Å²) in [7, 11) is 1.18. The molecule has 0 radical (unpaired) electrons. The molecule has 9 nitrogen and oxygen atoms in total. The molecule has 74 heavy (non-hydrogen) atoms. The van der Waals surface area contributed by atoms with Gasteiger partial charge in [-0.05, 0) is 38.5 Å². The first kappa shape index (κ1) is 72.8. The summed E-state index contributed by atoms with van der Waals surface area (Å²) < 4.78 is 34.2. The van der Waals surface area contributed by atoms with Crippen LogP contribution in [0, 0.1) is 0 Å². The summed E-state index contributed by atoms with van der Waals surface area (Å²) in [6, 6.07) is 0. The van der Waals surface area contributed by atoms with Crippen molar-refractivity contribution in [1.82, 2.24) is 0 Å². The van der Waals surface area contributed by atoms with Gasteiger partial charge in [-0.2, -0.15) is 0 Å². The number of rotatable bonds is 61. The second kappa shape index (κ2) is 56.5. The smallest absolute Gasteiger partial charge is 0.306 e. The van der Waals surface area contributed by atoms with Crippen molar-refractivity contribution >= 4 is 19.8 Å². The maximum absolute atomic E-state index is 12.8. The molecule has 0 N–H and O–H groups in total. The van der Waals surface area contributed by atoms with Crippen LogP contribution in [0.2, 0.25) is 0 Å². The number of carbonyl (C=O) groups is 2. The molecule has 0 amide bonds. The molecule has 2 unspecified atom stereocenters. The molecule has 0 bridgehead atoms. The van der Waals surface area contributed by atoms with Gasteiger partial charge < -0.3 is 27.9 Å². The zero-order valence-electron chi connectivity index (χ0n) is 50.1. The lowest BCUT2D eigenvalue weighted by molar-refractivity contribution is -0.870. The highest BCUT2D eigenvalue weighted by atomic mass is 31.2. The normalized spacial score (nSPS) is 13.2. The van der Waals surface area contributed by atoms with E-state index in [2.05, 4.69) is 26.0 Å². The summed E-state index contributed by atoms with van der Waals surface area (Å²) in [6.45, 7) is 4.29. The topological polar surface area (TPSA) is 111 Å². The predicted molar refractivity (Wildman–Crippen MR) is 315 cm³/mol. The molecule has 0 saturated carbocycles. The number of esters is 2. The summed E-state index contributed by atoms with van der Waals surface area (Å²) in [6.07, 6.45) is 67.2. The van der Waals surface area contributed by atoms with Crippen molar-refractivity contribution in [2.45, 2.75) is 341 Å². The molecular weight excluding hydrogens is 942 g/mol. The fraction of sp³-hybridized carbons (Fsp3) is 0.938. The molecule has 0 fully saturated rings. The van der Waals surface area contributed by atoms with Crippen LogP contribution in [0.4, 0.5) is 0 Å². The Balaban J connectivity index is 3.94. The van der Waals surface area contributed by atoms with E-state index in [1.165, 1.54) is 257 Å². The fourth-order valence-electron chi connectivity index (χ4n) is 9.77. The van der Waals surface area contributed by atoms with E-state index in [1.807, 2.05) is 21.1 Å². The van der Waals surface area contributed by atoms with Gasteiger partial charge in [0.1, 0.15) is 19.8 Å². The molecule has 2 atom stereocenters. The van der Waals surface area contributed by atoms with Gasteiger partial charge in [0, 0.05) is 12.8 Å². The molecule has 0 aromatic rings. The van der Waals surface area contributed by atoms with Gasteiger partial charge in [0.05, 0.1) is 27.7 Å². The third-order valence-corrected chi connectivity index (χ3v) is 15.7. The Hall–Kier alpha value is -1.25. The Kier molecular flexibility index (Phi) is 55.5. The van der Waals surface area contributed by atoms with Gasteiger partial charge in [-0.3, -0.25) is 14.2 Å². The van der Waals surface area contributed by atoms with E-state index < -0.39 is 26.5 Å². The van der Waals surface area contributed by atoms with Gasteiger partial charge in [-0.15, -0.1) is 0 Å². The van der Waals surface area contributed by atoms with Crippen molar-refractivity contribution in [2.24, 2.45) is 0 Å². The quantitative estimate of drug-likeness (QED) is 0.0195. The fourth-order valence-corrected chi connectivity index (χ4v) is 10.5. The van der Waals surface area contributed by atoms with Crippen LogP contribution in [-0.2, 0) is 32.7 Å². The summed E-state index contributed by atoms with van der Waals surface area (Å²) >= 11 is 0. The number of hydrogen-bond acceptors (Lipinski definition) is 8. The lowest BCUT2D eigenvalue weighted by Crippen LogP contribution is -2.37.